The van der Waals surface area contributed by atoms with Gasteiger partial charge in [-0.05, 0) is 133 Å². The first kappa shape index (κ1) is 35.2. The van der Waals surface area contributed by atoms with Crippen molar-refractivity contribution in [3.8, 4) is 55.6 Å². The molecule has 0 saturated heterocycles. The van der Waals surface area contributed by atoms with Crippen molar-refractivity contribution in [3.05, 3.63) is 237 Å². The van der Waals surface area contributed by atoms with Crippen LogP contribution in [0.3, 0.4) is 0 Å². The summed E-state index contributed by atoms with van der Waals surface area (Å²) in [5, 5.41) is 4.75. The average Bonchev–Trinajstić information content (AvgIpc) is 3.70. The Bertz CT molecular complexity index is 3230. The Balaban J connectivity index is 1.02. The molecule has 2 nitrogen and oxygen atoms in total. The van der Waals surface area contributed by atoms with E-state index in [0.717, 1.165) is 61.3 Å². The second-order valence-electron chi connectivity index (χ2n) is 15.4. The van der Waals surface area contributed by atoms with Crippen LogP contribution in [0, 0.1) is 0 Å². The number of anilines is 3. The van der Waals surface area contributed by atoms with Crippen molar-refractivity contribution in [3.63, 3.8) is 0 Å². The fraction of sp³-hybridized carbons (Fsp3) is 0. The lowest BCUT2D eigenvalue weighted by molar-refractivity contribution is 0.669. The van der Waals surface area contributed by atoms with Gasteiger partial charge in [-0.25, -0.2) is 0 Å². The van der Waals surface area contributed by atoms with E-state index in [9.17, 15) is 0 Å². The summed E-state index contributed by atoms with van der Waals surface area (Å²) in [6.45, 7) is 0. The van der Waals surface area contributed by atoms with Crippen LogP contribution in [0.25, 0.3) is 88.3 Å². The van der Waals surface area contributed by atoms with Gasteiger partial charge in [0.25, 0.3) is 0 Å². The number of para-hydroxylation sites is 1. The topological polar surface area (TPSA) is 16.4 Å². The molecule has 0 aliphatic heterocycles. The minimum absolute atomic E-state index is 0.896. The Kier molecular flexibility index (Phi) is 8.87. The molecule has 0 N–H and O–H groups in total. The number of hydrogen-bond donors (Lipinski definition) is 0. The van der Waals surface area contributed by atoms with E-state index in [0.29, 0.717) is 0 Å². The monoisotopic (exact) mass is 765 g/mol. The summed E-state index contributed by atoms with van der Waals surface area (Å²) in [4.78, 5) is 2.39. The summed E-state index contributed by atoms with van der Waals surface area (Å²) in [6, 6.07) is 85.1. The quantitative estimate of drug-likeness (QED) is 0.153. The van der Waals surface area contributed by atoms with E-state index in [-0.39, 0.29) is 0 Å². The number of furan rings is 1. The zero-order valence-electron chi connectivity index (χ0n) is 32.9. The zero-order chi connectivity index (χ0) is 39.8. The Labute approximate surface area is 349 Å². The van der Waals surface area contributed by atoms with Crippen molar-refractivity contribution in [1.29, 1.82) is 0 Å². The van der Waals surface area contributed by atoms with Crippen molar-refractivity contribution >= 4 is 49.8 Å². The SMILES string of the molecule is c1ccc(-c2cc(-c3ccccc3)cc(N(c3ccc(-c4ccc(-c5ccc6ccccc6c5)cc4)cc3)c3cccc(-c4ccc5oc6ccccc6c5c4)c3)c2)cc1. The van der Waals surface area contributed by atoms with Crippen molar-refractivity contribution in [2.45, 2.75) is 0 Å². The van der Waals surface area contributed by atoms with Crippen LogP contribution in [0.15, 0.2) is 241 Å². The molecule has 11 aromatic rings. The summed E-state index contributed by atoms with van der Waals surface area (Å²) < 4.78 is 6.19. The molecule has 1 aromatic heterocycles. The van der Waals surface area contributed by atoms with Gasteiger partial charge >= 0.3 is 0 Å². The first-order valence-electron chi connectivity index (χ1n) is 20.5. The van der Waals surface area contributed by atoms with E-state index >= 15 is 0 Å². The van der Waals surface area contributed by atoms with Gasteiger partial charge in [0.1, 0.15) is 11.2 Å². The van der Waals surface area contributed by atoms with Gasteiger partial charge in [-0.3, -0.25) is 0 Å². The van der Waals surface area contributed by atoms with Crippen LogP contribution in [-0.2, 0) is 0 Å². The van der Waals surface area contributed by atoms with Crippen LogP contribution in [0.4, 0.5) is 17.1 Å². The van der Waals surface area contributed by atoms with Gasteiger partial charge in [-0.1, -0.05) is 170 Å². The van der Waals surface area contributed by atoms with Crippen molar-refractivity contribution in [1.82, 2.24) is 0 Å². The summed E-state index contributed by atoms with van der Waals surface area (Å²) in [5.74, 6) is 0. The fourth-order valence-electron chi connectivity index (χ4n) is 8.54. The minimum atomic E-state index is 0.896. The molecule has 0 spiro atoms. The molecule has 0 aliphatic carbocycles. The number of rotatable bonds is 8. The molecular weight excluding hydrogens is 727 g/mol. The number of fused-ring (bicyclic) bond motifs is 4. The van der Waals surface area contributed by atoms with Gasteiger partial charge in [0.15, 0.2) is 0 Å². The molecule has 0 fully saturated rings. The van der Waals surface area contributed by atoms with Crippen LogP contribution in [0.2, 0.25) is 0 Å². The number of benzene rings is 10. The third-order valence-corrected chi connectivity index (χ3v) is 11.6. The van der Waals surface area contributed by atoms with E-state index in [1.54, 1.807) is 0 Å². The molecule has 1 heterocycles. The molecule has 11 rings (SSSR count). The lowest BCUT2D eigenvalue weighted by Gasteiger charge is -2.27. The van der Waals surface area contributed by atoms with Crippen LogP contribution in [0.1, 0.15) is 0 Å². The standard InChI is InChI=1S/C58H39NO/c1-3-12-40(13-4-1)50-35-51(41-14-5-2-6-15-41)38-54(37-50)59(53-19-11-18-47(36-53)49-30-33-58-56(39-49)55-20-9-10-21-57(55)60-58)52-31-28-44(29-32-52)43-22-24-45(25-23-43)48-27-26-42-16-7-8-17-46(42)34-48/h1-39H. The average molecular weight is 766 g/mol. The van der Waals surface area contributed by atoms with Gasteiger partial charge in [0, 0.05) is 27.8 Å². The molecule has 0 amide bonds. The fourth-order valence-corrected chi connectivity index (χ4v) is 8.54. The second kappa shape index (κ2) is 15.1. The summed E-state index contributed by atoms with van der Waals surface area (Å²) >= 11 is 0. The summed E-state index contributed by atoms with van der Waals surface area (Å²) in [5.41, 5.74) is 16.7. The third-order valence-electron chi connectivity index (χ3n) is 11.6. The normalized spacial score (nSPS) is 11.3. The predicted octanol–water partition coefficient (Wildman–Crippen LogP) is 16.5. The molecular formula is C58H39NO. The molecule has 0 radical (unpaired) electrons. The highest BCUT2D eigenvalue weighted by Gasteiger charge is 2.18. The Hall–Kier alpha value is -7.94. The molecule has 0 saturated carbocycles. The van der Waals surface area contributed by atoms with Gasteiger partial charge in [-0.15, -0.1) is 0 Å². The Morgan fingerprint density at radius 1 is 0.233 bits per heavy atom. The summed E-state index contributed by atoms with van der Waals surface area (Å²) in [7, 11) is 0. The maximum atomic E-state index is 6.19. The Morgan fingerprint density at radius 2 is 0.717 bits per heavy atom. The van der Waals surface area contributed by atoms with Crippen LogP contribution in [0.5, 0.6) is 0 Å². The zero-order valence-corrected chi connectivity index (χ0v) is 32.9. The van der Waals surface area contributed by atoms with Crippen molar-refractivity contribution < 1.29 is 4.42 Å². The van der Waals surface area contributed by atoms with E-state index in [1.165, 1.54) is 44.2 Å². The smallest absolute Gasteiger partial charge is 0.135 e. The van der Waals surface area contributed by atoms with E-state index in [2.05, 4.69) is 229 Å². The van der Waals surface area contributed by atoms with Gasteiger partial charge in [-0.2, -0.15) is 0 Å². The van der Waals surface area contributed by atoms with Gasteiger partial charge in [0.05, 0.1) is 0 Å². The molecule has 0 bridgehead atoms. The number of hydrogen-bond acceptors (Lipinski definition) is 2. The molecule has 10 aromatic carbocycles. The van der Waals surface area contributed by atoms with Gasteiger partial charge < -0.3 is 9.32 Å². The highest BCUT2D eigenvalue weighted by atomic mass is 16.3. The van der Waals surface area contributed by atoms with Crippen LogP contribution in [-0.4, -0.2) is 0 Å². The van der Waals surface area contributed by atoms with Gasteiger partial charge in [0.2, 0.25) is 0 Å². The van der Waals surface area contributed by atoms with Crippen molar-refractivity contribution in [2.75, 3.05) is 4.90 Å². The molecule has 0 aliphatic rings. The molecule has 0 unspecified atom stereocenters. The van der Waals surface area contributed by atoms with E-state index in [1.807, 2.05) is 12.1 Å². The lowest BCUT2D eigenvalue weighted by atomic mass is 9.96. The number of nitrogens with zero attached hydrogens (tertiary/aromatic N) is 1. The first-order valence-corrected chi connectivity index (χ1v) is 20.5. The third kappa shape index (κ3) is 6.70. The predicted molar refractivity (Wildman–Crippen MR) is 253 cm³/mol. The maximum Gasteiger partial charge on any atom is 0.135 e. The molecule has 0 atom stereocenters. The second-order valence-corrected chi connectivity index (χ2v) is 15.4. The van der Waals surface area contributed by atoms with Crippen molar-refractivity contribution in [2.24, 2.45) is 0 Å². The van der Waals surface area contributed by atoms with E-state index < -0.39 is 0 Å². The van der Waals surface area contributed by atoms with Crippen LogP contribution < -0.4 is 4.90 Å². The molecule has 282 valence electrons. The lowest BCUT2D eigenvalue weighted by Crippen LogP contribution is -2.10. The molecule has 60 heavy (non-hydrogen) atoms. The van der Waals surface area contributed by atoms with Crippen LogP contribution >= 0.6 is 0 Å². The van der Waals surface area contributed by atoms with E-state index in [4.69, 9.17) is 4.42 Å². The highest BCUT2D eigenvalue weighted by molar-refractivity contribution is 6.06. The highest BCUT2D eigenvalue weighted by Crippen LogP contribution is 2.42. The summed E-state index contributed by atoms with van der Waals surface area (Å²) in [6.07, 6.45) is 0. The largest absolute Gasteiger partial charge is 0.456 e. The first-order chi connectivity index (χ1) is 29.7. The minimum Gasteiger partial charge on any atom is -0.456 e. The maximum absolute atomic E-state index is 6.19. The Morgan fingerprint density at radius 3 is 1.43 bits per heavy atom. The molecule has 2 heteroatoms.